The monoisotopic (exact) mass is 339 g/mol. The Labute approximate surface area is 132 Å². The molecule has 0 fully saturated rings. The van der Waals surface area contributed by atoms with Gasteiger partial charge in [0, 0.05) is 12.1 Å². The van der Waals surface area contributed by atoms with Crippen LogP contribution >= 0.6 is 0 Å². The average molecular weight is 339 g/mol. The third kappa shape index (κ3) is 3.51. The first kappa shape index (κ1) is 16.6. The number of hydrogen-bond acceptors (Lipinski definition) is 7. The average Bonchev–Trinajstić information content (AvgIpc) is 2.54. The molecular formula is C14H13NO7S. The third-order valence-corrected chi connectivity index (χ3v) is 4.15. The van der Waals surface area contributed by atoms with Crippen LogP contribution in [0.3, 0.4) is 0 Å². The summed E-state index contributed by atoms with van der Waals surface area (Å²) in [6.07, 6.45) is 0. The Bertz CT molecular complexity index is 793. The number of nitro groups is 1. The smallest absolute Gasteiger partial charge is 0.339 e. The molecule has 0 bridgehead atoms. The Morgan fingerprint density at radius 2 is 1.48 bits per heavy atom. The van der Waals surface area contributed by atoms with E-state index in [1.54, 1.807) is 6.07 Å². The quantitative estimate of drug-likeness (QED) is 0.452. The summed E-state index contributed by atoms with van der Waals surface area (Å²) < 4.78 is 39.8. The predicted octanol–water partition coefficient (Wildman–Crippen LogP) is 2.38. The van der Waals surface area contributed by atoms with Crippen molar-refractivity contribution in [2.24, 2.45) is 0 Å². The lowest BCUT2D eigenvalue weighted by Gasteiger charge is -2.13. The maximum atomic E-state index is 12.3. The lowest BCUT2D eigenvalue weighted by Crippen LogP contribution is -2.11. The zero-order chi connectivity index (χ0) is 17.0. The van der Waals surface area contributed by atoms with Crippen molar-refractivity contribution in [2.75, 3.05) is 14.2 Å². The van der Waals surface area contributed by atoms with Crippen molar-refractivity contribution in [1.29, 1.82) is 0 Å². The van der Waals surface area contributed by atoms with Crippen LogP contribution in [0.25, 0.3) is 0 Å². The highest BCUT2D eigenvalue weighted by Gasteiger charge is 2.23. The maximum Gasteiger partial charge on any atom is 0.339 e. The Balaban J connectivity index is 2.40. The molecule has 0 radical (unpaired) electrons. The molecule has 2 aromatic carbocycles. The molecule has 0 amide bonds. The molecule has 2 rings (SSSR count). The zero-order valence-electron chi connectivity index (χ0n) is 12.3. The highest BCUT2D eigenvalue weighted by Crippen LogP contribution is 2.38. The Morgan fingerprint density at radius 1 is 0.957 bits per heavy atom. The van der Waals surface area contributed by atoms with Crippen molar-refractivity contribution in [3.05, 3.63) is 52.6 Å². The summed E-state index contributed by atoms with van der Waals surface area (Å²) >= 11 is 0. The minimum atomic E-state index is -4.20. The van der Waals surface area contributed by atoms with Crippen LogP contribution in [0.4, 0.5) is 5.69 Å². The van der Waals surface area contributed by atoms with Gasteiger partial charge < -0.3 is 13.7 Å². The van der Waals surface area contributed by atoms with E-state index in [0.717, 1.165) is 24.3 Å². The first-order chi connectivity index (χ1) is 10.9. The number of rotatable bonds is 6. The van der Waals surface area contributed by atoms with Gasteiger partial charge in [-0.25, -0.2) is 0 Å². The van der Waals surface area contributed by atoms with Crippen LogP contribution in [0.2, 0.25) is 0 Å². The van der Waals surface area contributed by atoms with Crippen molar-refractivity contribution in [1.82, 2.24) is 0 Å². The molecule has 0 unspecified atom stereocenters. The van der Waals surface area contributed by atoms with Crippen molar-refractivity contribution in [2.45, 2.75) is 4.90 Å². The molecule has 0 N–H and O–H groups in total. The molecule has 0 aliphatic rings. The van der Waals surface area contributed by atoms with Crippen LogP contribution in [0.15, 0.2) is 47.4 Å². The van der Waals surface area contributed by atoms with Gasteiger partial charge in [-0.1, -0.05) is 6.07 Å². The van der Waals surface area contributed by atoms with Crippen molar-refractivity contribution in [3.63, 3.8) is 0 Å². The van der Waals surface area contributed by atoms with Gasteiger partial charge in [0.15, 0.2) is 11.5 Å². The van der Waals surface area contributed by atoms with Crippen LogP contribution in [0.1, 0.15) is 0 Å². The molecule has 0 atom stereocenters. The maximum absolute atomic E-state index is 12.3. The largest absolute Gasteiger partial charge is 0.493 e. The summed E-state index contributed by atoms with van der Waals surface area (Å²) in [6, 6.07) is 8.99. The van der Waals surface area contributed by atoms with E-state index in [2.05, 4.69) is 0 Å². The summed E-state index contributed by atoms with van der Waals surface area (Å²) in [4.78, 5) is 9.76. The number of ether oxygens (including phenoxy) is 2. The van der Waals surface area contributed by atoms with Crippen LogP contribution in [-0.2, 0) is 10.1 Å². The molecule has 2 aromatic rings. The molecule has 0 heterocycles. The van der Waals surface area contributed by atoms with Crippen LogP contribution in [-0.4, -0.2) is 27.6 Å². The summed E-state index contributed by atoms with van der Waals surface area (Å²) in [5.41, 5.74) is -0.223. The normalized spacial score (nSPS) is 10.9. The third-order valence-electron chi connectivity index (χ3n) is 2.91. The second-order valence-electron chi connectivity index (χ2n) is 4.28. The van der Waals surface area contributed by atoms with Crippen LogP contribution < -0.4 is 13.7 Å². The number of nitrogens with zero attached hydrogens (tertiary/aromatic N) is 1. The second kappa shape index (κ2) is 6.53. The second-order valence-corrected chi connectivity index (χ2v) is 5.83. The van der Waals surface area contributed by atoms with Gasteiger partial charge in [-0.05, 0) is 24.3 Å². The molecule has 0 aliphatic carbocycles. The fourth-order valence-electron chi connectivity index (χ4n) is 1.79. The number of para-hydroxylation sites is 1. The molecule has 0 spiro atoms. The van der Waals surface area contributed by atoms with Gasteiger partial charge >= 0.3 is 10.1 Å². The minimum absolute atomic E-state index is 0.101. The van der Waals surface area contributed by atoms with E-state index < -0.39 is 15.0 Å². The molecule has 8 nitrogen and oxygen atoms in total. The SMILES string of the molecule is COc1cccc(OC)c1OS(=O)(=O)c1ccc([N+](=O)[O-])cc1. The van der Waals surface area contributed by atoms with E-state index in [1.165, 1.54) is 26.4 Å². The number of methoxy groups -OCH3 is 2. The highest BCUT2D eigenvalue weighted by atomic mass is 32.2. The Kier molecular flexibility index (Phi) is 4.70. The van der Waals surface area contributed by atoms with Crippen LogP contribution in [0, 0.1) is 10.1 Å². The molecule has 9 heteroatoms. The van der Waals surface area contributed by atoms with Gasteiger partial charge in [0.2, 0.25) is 5.75 Å². The molecule has 0 saturated carbocycles. The summed E-state index contributed by atoms with van der Waals surface area (Å²) in [7, 11) is -1.48. The van der Waals surface area contributed by atoms with E-state index in [-0.39, 0.29) is 27.8 Å². The summed E-state index contributed by atoms with van der Waals surface area (Å²) in [6.45, 7) is 0. The van der Waals surface area contributed by atoms with Gasteiger partial charge in [0.1, 0.15) is 4.90 Å². The number of benzene rings is 2. The first-order valence-corrected chi connectivity index (χ1v) is 7.70. The summed E-state index contributed by atoms with van der Waals surface area (Å²) in [5, 5.41) is 10.6. The van der Waals surface area contributed by atoms with E-state index in [1.807, 2.05) is 0 Å². The lowest BCUT2D eigenvalue weighted by atomic mass is 10.3. The fourth-order valence-corrected chi connectivity index (χ4v) is 2.74. The standard InChI is InChI=1S/C14H13NO7S/c1-20-12-4-3-5-13(21-2)14(12)22-23(18,19)11-8-6-10(7-9-11)15(16)17/h3-9H,1-2H3. The zero-order valence-corrected chi connectivity index (χ0v) is 13.1. The van der Waals surface area contributed by atoms with Gasteiger partial charge in [0.05, 0.1) is 19.1 Å². The Hall–Kier alpha value is -2.81. The molecular weight excluding hydrogens is 326 g/mol. The minimum Gasteiger partial charge on any atom is -0.493 e. The van der Waals surface area contributed by atoms with Crippen molar-refractivity contribution < 1.29 is 27.0 Å². The molecule has 0 saturated heterocycles. The van der Waals surface area contributed by atoms with Gasteiger partial charge in [-0.2, -0.15) is 8.42 Å². The molecule has 122 valence electrons. The van der Waals surface area contributed by atoms with E-state index >= 15 is 0 Å². The summed E-state index contributed by atoms with van der Waals surface area (Å²) in [5.74, 6) is 0.250. The van der Waals surface area contributed by atoms with Gasteiger partial charge in [0.25, 0.3) is 5.69 Å². The van der Waals surface area contributed by atoms with Crippen molar-refractivity contribution >= 4 is 15.8 Å². The first-order valence-electron chi connectivity index (χ1n) is 6.29. The number of hydrogen-bond donors (Lipinski definition) is 0. The molecule has 0 aromatic heterocycles. The van der Waals surface area contributed by atoms with E-state index in [0.29, 0.717) is 0 Å². The molecule has 0 aliphatic heterocycles. The topological polar surface area (TPSA) is 105 Å². The molecule has 23 heavy (non-hydrogen) atoms. The van der Waals surface area contributed by atoms with Gasteiger partial charge in [-0.3, -0.25) is 10.1 Å². The fraction of sp³-hybridized carbons (Fsp3) is 0.143. The predicted molar refractivity (Wildman–Crippen MR) is 80.5 cm³/mol. The highest BCUT2D eigenvalue weighted by molar-refractivity contribution is 7.87. The van der Waals surface area contributed by atoms with E-state index in [4.69, 9.17) is 13.7 Å². The Morgan fingerprint density at radius 3 is 1.91 bits per heavy atom. The van der Waals surface area contributed by atoms with Crippen LogP contribution in [0.5, 0.6) is 17.2 Å². The van der Waals surface area contributed by atoms with E-state index in [9.17, 15) is 18.5 Å². The van der Waals surface area contributed by atoms with Gasteiger partial charge in [-0.15, -0.1) is 0 Å². The van der Waals surface area contributed by atoms with Crippen molar-refractivity contribution in [3.8, 4) is 17.2 Å². The number of non-ortho nitro benzene ring substituents is 1. The lowest BCUT2D eigenvalue weighted by molar-refractivity contribution is -0.384. The number of nitro benzene ring substituents is 1.